The van der Waals surface area contributed by atoms with Gasteiger partial charge in [0.25, 0.3) is 0 Å². The normalized spacial score (nSPS) is 10.7. The molecule has 4 rings (SSSR count). The summed E-state index contributed by atoms with van der Waals surface area (Å²) in [4.78, 5) is 15.0. The van der Waals surface area contributed by atoms with Gasteiger partial charge in [-0.1, -0.05) is 60.7 Å². The van der Waals surface area contributed by atoms with Crippen molar-refractivity contribution in [1.82, 2.24) is 4.98 Å². The molecule has 0 saturated carbocycles. The average Bonchev–Trinajstić information content (AvgIpc) is 2.75. The summed E-state index contributed by atoms with van der Waals surface area (Å²) < 4.78 is 29.4. The monoisotopic (exact) mass is 401 g/mol. The van der Waals surface area contributed by atoms with Crippen LogP contribution in [0.15, 0.2) is 85.1 Å². The number of benzene rings is 3. The predicted octanol–water partition coefficient (Wildman–Crippen LogP) is 5.98. The lowest BCUT2D eigenvalue weighted by Crippen LogP contribution is -2.02. The van der Waals surface area contributed by atoms with Gasteiger partial charge in [0.1, 0.15) is 17.3 Å². The van der Waals surface area contributed by atoms with Gasteiger partial charge in [0.15, 0.2) is 0 Å². The average molecular weight is 401 g/mol. The second kappa shape index (κ2) is 8.25. The number of aromatic carboxylic acids is 1. The van der Waals surface area contributed by atoms with E-state index in [9.17, 15) is 13.6 Å². The Morgan fingerprint density at radius 3 is 2.00 bits per heavy atom. The largest absolute Gasteiger partial charge is 0.477 e. The summed E-state index contributed by atoms with van der Waals surface area (Å²) in [6, 6.07) is 21.3. The second-order valence-corrected chi connectivity index (χ2v) is 6.83. The van der Waals surface area contributed by atoms with Crippen molar-refractivity contribution in [2.45, 2.75) is 6.42 Å². The van der Waals surface area contributed by atoms with Crippen molar-refractivity contribution in [1.29, 1.82) is 0 Å². The summed E-state index contributed by atoms with van der Waals surface area (Å²) in [5.74, 6) is -1.89. The first-order valence-electron chi connectivity index (χ1n) is 9.34. The quantitative estimate of drug-likeness (QED) is 0.447. The number of hydrogen-bond acceptors (Lipinski definition) is 2. The van der Waals surface area contributed by atoms with Crippen molar-refractivity contribution in [2.24, 2.45) is 0 Å². The van der Waals surface area contributed by atoms with E-state index in [1.807, 2.05) is 6.07 Å². The minimum Gasteiger partial charge on any atom is -0.477 e. The molecule has 0 aliphatic heterocycles. The molecule has 3 aromatic carbocycles. The number of pyridine rings is 1. The number of halogens is 2. The van der Waals surface area contributed by atoms with Crippen molar-refractivity contribution in [3.05, 3.63) is 114 Å². The lowest BCUT2D eigenvalue weighted by atomic mass is 9.88. The first-order valence-corrected chi connectivity index (χ1v) is 9.34. The first kappa shape index (κ1) is 19.5. The fourth-order valence-electron chi connectivity index (χ4n) is 3.51. The minimum absolute atomic E-state index is 0.0480. The number of rotatable bonds is 5. The summed E-state index contributed by atoms with van der Waals surface area (Å²) in [7, 11) is 0. The Morgan fingerprint density at radius 1 is 0.767 bits per heavy atom. The second-order valence-electron chi connectivity index (χ2n) is 6.83. The molecule has 0 fully saturated rings. The standard InChI is InChI=1S/C25H17F2NO2/c26-21-10-3-1-7-18(21)19-9-5-6-17(24(19)20-8-2-4-11-22(20)27)14-16-12-13-23(25(29)30)28-15-16/h1-13,15H,14H2,(H,29,30). The highest BCUT2D eigenvalue weighted by molar-refractivity contribution is 5.87. The molecular weight excluding hydrogens is 384 g/mol. The summed E-state index contributed by atoms with van der Waals surface area (Å²) >= 11 is 0. The number of carboxylic acids is 1. The summed E-state index contributed by atoms with van der Waals surface area (Å²) in [5, 5.41) is 9.04. The lowest BCUT2D eigenvalue weighted by Gasteiger charge is -2.17. The molecule has 1 N–H and O–H groups in total. The van der Waals surface area contributed by atoms with Crippen molar-refractivity contribution in [3.8, 4) is 22.3 Å². The molecule has 0 atom stereocenters. The van der Waals surface area contributed by atoms with Crippen LogP contribution in [0.4, 0.5) is 8.78 Å². The Bertz CT molecular complexity index is 1220. The molecule has 0 unspecified atom stereocenters. The van der Waals surface area contributed by atoms with Crippen LogP contribution in [-0.2, 0) is 6.42 Å². The van der Waals surface area contributed by atoms with Gasteiger partial charge in [-0.2, -0.15) is 0 Å². The summed E-state index contributed by atoms with van der Waals surface area (Å²) in [6.07, 6.45) is 1.88. The molecule has 5 heteroatoms. The van der Waals surface area contributed by atoms with Crippen LogP contribution in [0.3, 0.4) is 0 Å². The van der Waals surface area contributed by atoms with Gasteiger partial charge in [-0.05, 0) is 46.9 Å². The van der Waals surface area contributed by atoms with E-state index >= 15 is 0 Å². The molecule has 4 aromatic rings. The third kappa shape index (κ3) is 3.82. The van der Waals surface area contributed by atoms with Gasteiger partial charge >= 0.3 is 5.97 Å². The Balaban J connectivity index is 1.88. The van der Waals surface area contributed by atoms with Gasteiger partial charge < -0.3 is 5.11 Å². The molecule has 1 heterocycles. The van der Waals surface area contributed by atoms with Gasteiger partial charge in [0, 0.05) is 17.3 Å². The van der Waals surface area contributed by atoms with Crippen LogP contribution in [0, 0.1) is 11.6 Å². The van der Waals surface area contributed by atoms with Crippen molar-refractivity contribution in [2.75, 3.05) is 0 Å². The molecule has 0 amide bonds. The van der Waals surface area contributed by atoms with Crippen LogP contribution in [0.2, 0.25) is 0 Å². The van der Waals surface area contributed by atoms with Crippen LogP contribution in [0.25, 0.3) is 22.3 Å². The molecule has 0 spiro atoms. The van der Waals surface area contributed by atoms with Crippen molar-refractivity contribution in [3.63, 3.8) is 0 Å². The van der Waals surface area contributed by atoms with Gasteiger partial charge in [0.2, 0.25) is 0 Å². The van der Waals surface area contributed by atoms with Crippen LogP contribution in [0.1, 0.15) is 21.6 Å². The zero-order valence-electron chi connectivity index (χ0n) is 15.8. The number of nitrogens with zero attached hydrogens (tertiary/aromatic N) is 1. The van der Waals surface area contributed by atoms with Gasteiger partial charge in [0.05, 0.1) is 0 Å². The summed E-state index contributed by atoms with van der Waals surface area (Å²) in [6.45, 7) is 0. The number of hydrogen-bond donors (Lipinski definition) is 1. The molecule has 0 radical (unpaired) electrons. The zero-order chi connectivity index (χ0) is 21.1. The lowest BCUT2D eigenvalue weighted by molar-refractivity contribution is 0.0690. The third-order valence-electron chi connectivity index (χ3n) is 4.90. The number of carboxylic acid groups (broad SMARTS) is 1. The van der Waals surface area contributed by atoms with Crippen LogP contribution in [0.5, 0.6) is 0 Å². The fourth-order valence-corrected chi connectivity index (χ4v) is 3.51. The maximum absolute atomic E-state index is 14.8. The Hall–Kier alpha value is -3.86. The Kier molecular flexibility index (Phi) is 5.35. The van der Waals surface area contributed by atoms with Crippen LogP contribution < -0.4 is 0 Å². The molecule has 1 aromatic heterocycles. The highest BCUT2D eigenvalue weighted by Crippen LogP contribution is 2.38. The van der Waals surface area contributed by atoms with Gasteiger partial charge in [-0.3, -0.25) is 0 Å². The van der Waals surface area contributed by atoms with E-state index in [2.05, 4.69) is 4.98 Å². The van der Waals surface area contributed by atoms with E-state index in [0.717, 1.165) is 11.1 Å². The highest BCUT2D eigenvalue weighted by atomic mass is 19.1. The molecule has 0 aliphatic carbocycles. The molecule has 148 valence electrons. The van der Waals surface area contributed by atoms with E-state index in [0.29, 0.717) is 28.7 Å². The van der Waals surface area contributed by atoms with Crippen molar-refractivity contribution >= 4 is 5.97 Å². The van der Waals surface area contributed by atoms with Crippen LogP contribution >= 0.6 is 0 Å². The molecule has 3 nitrogen and oxygen atoms in total. The molecule has 0 bridgehead atoms. The summed E-state index contributed by atoms with van der Waals surface area (Å²) in [5.41, 5.74) is 3.45. The predicted molar refractivity (Wildman–Crippen MR) is 111 cm³/mol. The molecular formula is C25H17F2NO2. The van der Waals surface area contributed by atoms with E-state index in [1.165, 1.54) is 24.4 Å². The number of carbonyl (C=O) groups is 1. The van der Waals surface area contributed by atoms with Crippen LogP contribution in [-0.4, -0.2) is 16.1 Å². The first-order chi connectivity index (χ1) is 14.5. The van der Waals surface area contributed by atoms with Gasteiger partial charge in [-0.15, -0.1) is 0 Å². The van der Waals surface area contributed by atoms with E-state index < -0.39 is 11.8 Å². The third-order valence-corrected chi connectivity index (χ3v) is 4.90. The molecule has 0 aliphatic rings. The van der Waals surface area contributed by atoms with E-state index in [4.69, 9.17) is 5.11 Å². The zero-order valence-corrected chi connectivity index (χ0v) is 15.8. The topological polar surface area (TPSA) is 50.2 Å². The minimum atomic E-state index is -1.10. The number of aromatic nitrogens is 1. The molecule has 30 heavy (non-hydrogen) atoms. The Morgan fingerprint density at radius 2 is 1.40 bits per heavy atom. The fraction of sp³-hybridized carbons (Fsp3) is 0.0400. The SMILES string of the molecule is O=C(O)c1ccc(Cc2cccc(-c3ccccc3F)c2-c2ccccc2F)cn1. The highest BCUT2D eigenvalue weighted by Gasteiger charge is 2.18. The molecule has 0 saturated heterocycles. The Labute approximate surface area is 172 Å². The smallest absolute Gasteiger partial charge is 0.354 e. The maximum atomic E-state index is 14.8. The van der Waals surface area contributed by atoms with E-state index in [-0.39, 0.29) is 11.5 Å². The van der Waals surface area contributed by atoms with Crippen molar-refractivity contribution < 1.29 is 18.7 Å². The maximum Gasteiger partial charge on any atom is 0.354 e. The van der Waals surface area contributed by atoms with E-state index in [1.54, 1.807) is 54.6 Å². The van der Waals surface area contributed by atoms with Gasteiger partial charge in [-0.25, -0.2) is 18.6 Å².